The van der Waals surface area contributed by atoms with Gasteiger partial charge in [0.05, 0.1) is 12.2 Å². The van der Waals surface area contributed by atoms with Crippen LogP contribution < -0.4 is 4.90 Å². The first kappa shape index (κ1) is 20.2. The van der Waals surface area contributed by atoms with Gasteiger partial charge in [-0.3, -0.25) is 0 Å². The van der Waals surface area contributed by atoms with Crippen LogP contribution in [0.2, 0.25) is 0 Å². The molecule has 1 saturated heterocycles. The van der Waals surface area contributed by atoms with Crippen LogP contribution in [0.1, 0.15) is 25.1 Å². The van der Waals surface area contributed by atoms with E-state index in [9.17, 15) is 5.11 Å². The molecule has 0 spiro atoms. The molecule has 140 valence electrons. The number of aromatic amines is 1. The Morgan fingerprint density at radius 1 is 1.27 bits per heavy atom. The van der Waals surface area contributed by atoms with Crippen LogP contribution in [-0.4, -0.2) is 51.6 Å². The summed E-state index contributed by atoms with van der Waals surface area (Å²) in [5.41, 5.74) is 2.41. The maximum Gasteiger partial charge on any atom is 0.238 e. The van der Waals surface area contributed by atoms with E-state index in [4.69, 9.17) is 4.74 Å². The van der Waals surface area contributed by atoms with E-state index in [0.717, 1.165) is 24.2 Å². The summed E-state index contributed by atoms with van der Waals surface area (Å²) in [5.74, 6) is 1.33. The Morgan fingerprint density at radius 2 is 2.00 bits per heavy atom. The zero-order valence-electron chi connectivity index (χ0n) is 14.4. The smallest absolute Gasteiger partial charge is 0.238 e. The minimum atomic E-state index is -0.0185. The van der Waals surface area contributed by atoms with Gasteiger partial charge in [-0.05, 0) is 32.1 Å². The summed E-state index contributed by atoms with van der Waals surface area (Å²) in [7, 11) is 0. The molecule has 2 N–H and O–H groups in total. The SMILES string of the molecule is CC1CN(c2nc(O)c(C=C3C=Nc4ncccc43)[nH]2)CC(C)O1.Cl.Cl. The number of nitrogens with one attached hydrogen (secondary N) is 1. The number of hydrogen-bond acceptors (Lipinski definition) is 6. The molecule has 0 radical (unpaired) electrons. The summed E-state index contributed by atoms with van der Waals surface area (Å²) in [6.07, 6.45) is 5.56. The van der Waals surface area contributed by atoms with Gasteiger partial charge >= 0.3 is 0 Å². The van der Waals surface area contributed by atoms with Crippen LogP contribution in [0.3, 0.4) is 0 Å². The monoisotopic (exact) mass is 397 g/mol. The Morgan fingerprint density at radius 3 is 2.73 bits per heavy atom. The van der Waals surface area contributed by atoms with Crippen molar-refractivity contribution in [3.63, 3.8) is 0 Å². The molecule has 1 fully saturated rings. The highest BCUT2D eigenvalue weighted by Gasteiger charge is 2.25. The molecule has 2 aromatic heterocycles. The number of H-pyrrole nitrogens is 1. The number of aromatic hydroxyl groups is 1. The van der Waals surface area contributed by atoms with Gasteiger partial charge in [-0.15, -0.1) is 24.8 Å². The van der Waals surface area contributed by atoms with Crippen LogP contribution in [0.4, 0.5) is 11.8 Å². The molecule has 2 aliphatic heterocycles. The Balaban J connectivity index is 0.00000121. The lowest BCUT2D eigenvalue weighted by atomic mass is 10.1. The molecule has 7 nitrogen and oxygen atoms in total. The normalized spacial score (nSPS) is 22.7. The summed E-state index contributed by atoms with van der Waals surface area (Å²) < 4.78 is 5.74. The van der Waals surface area contributed by atoms with E-state index in [0.29, 0.717) is 17.5 Å². The van der Waals surface area contributed by atoms with Crippen molar-refractivity contribution in [2.45, 2.75) is 26.1 Å². The van der Waals surface area contributed by atoms with Gasteiger partial charge in [0, 0.05) is 36.6 Å². The summed E-state index contributed by atoms with van der Waals surface area (Å²) >= 11 is 0. The number of halogens is 2. The molecule has 0 amide bonds. The van der Waals surface area contributed by atoms with Crippen molar-refractivity contribution in [2.24, 2.45) is 4.99 Å². The Bertz CT molecular complexity index is 826. The second-order valence-corrected chi connectivity index (χ2v) is 6.19. The zero-order valence-corrected chi connectivity index (χ0v) is 16.0. The molecule has 2 aromatic rings. The highest BCUT2D eigenvalue weighted by molar-refractivity contribution is 6.20. The number of nitrogens with zero attached hydrogens (tertiary/aromatic N) is 4. The van der Waals surface area contributed by atoms with Crippen molar-refractivity contribution in [2.75, 3.05) is 18.0 Å². The Kier molecular flexibility index (Phi) is 6.28. The van der Waals surface area contributed by atoms with Crippen LogP contribution in [0.25, 0.3) is 11.6 Å². The highest BCUT2D eigenvalue weighted by atomic mass is 35.5. The van der Waals surface area contributed by atoms with Gasteiger partial charge < -0.3 is 19.7 Å². The summed E-state index contributed by atoms with van der Waals surface area (Å²) in [4.78, 5) is 18.1. The average molecular weight is 398 g/mol. The first-order valence-electron chi connectivity index (χ1n) is 8.00. The molecule has 4 heterocycles. The first-order chi connectivity index (χ1) is 11.6. The highest BCUT2D eigenvalue weighted by Crippen LogP contribution is 2.32. The Labute approximate surface area is 164 Å². The van der Waals surface area contributed by atoms with Gasteiger partial charge in [0.1, 0.15) is 5.69 Å². The predicted molar refractivity (Wildman–Crippen MR) is 107 cm³/mol. The van der Waals surface area contributed by atoms with E-state index in [1.54, 1.807) is 12.4 Å². The fourth-order valence-electron chi connectivity index (χ4n) is 3.16. The molecule has 0 aliphatic carbocycles. The average Bonchev–Trinajstić information content (AvgIpc) is 3.12. The van der Waals surface area contributed by atoms with Crippen LogP contribution in [0.15, 0.2) is 23.3 Å². The van der Waals surface area contributed by atoms with E-state index < -0.39 is 0 Å². The lowest BCUT2D eigenvalue weighted by Gasteiger charge is -2.35. The van der Waals surface area contributed by atoms with Crippen molar-refractivity contribution in [1.82, 2.24) is 15.0 Å². The Hall–Kier alpha value is -2.09. The van der Waals surface area contributed by atoms with Gasteiger partial charge in [-0.1, -0.05) is 0 Å². The molecule has 0 aromatic carbocycles. The lowest BCUT2D eigenvalue weighted by molar-refractivity contribution is -0.00569. The number of morpholine rings is 1. The number of allylic oxidation sites excluding steroid dienone is 1. The number of aromatic nitrogens is 3. The van der Waals surface area contributed by atoms with Crippen LogP contribution in [-0.2, 0) is 4.74 Å². The second kappa shape index (κ2) is 8.07. The van der Waals surface area contributed by atoms with Gasteiger partial charge in [0.25, 0.3) is 0 Å². The number of ether oxygens (including phenoxy) is 1. The third-order valence-electron chi connectivity index (χ3n) is 4.14. The van der Waals surface area contributed by atoms with Gasteiger partial charge in [-0.2, -0.15) is 4.98 Å². The number of imidazole rings is 1. The van der Waals surface area contributed by atoms with Crippen LogP contribution in [0, 0.1) is 0 Å². The predicted octanol–water partition coefficient (Wildman–Crippen LogP) is 3.22. The zero-order chi connectivity index (χ0) is 16.7. The number of rotatable bonds is 2. The number of anilines is 1. The van der Waals surface area contributed by atoms with Crippen LogP contribution in [0.5, 0.6) is 5.88 Å². The fraction of sp³-hybridized carbons (Fsp3) is 0.353. The van der Waals surface area contributed by atoms with Crippen molar-refractivity contribution in [1.29, 1.82) is 0 Å². The molecule has 2 unspecified atom stereocenters. The van der Waals surface area contributed by atoms with Crippen LogP contribution >= 0.6 is 24.8 Å². The molecule has 9 heteroatoms. The summed E-state index contributed by atoms with van der Waals surface area (Å²) in [6.45, 7) is 5.55. The van der Waals surface area contributed by atoms with Gasteiger partial charge in [0.15, 0.2) is 5.82 Å². The van der Waals surface area contributed by atoms with E-state index >= 15 is 0 Å². The van der Waals surface area contributed by atoms with E-state index in [1.165, 1.54) is 0 Å². The molecular formula is C17H21Cl2N5O2. The minimum Gasteiger partial charge on any atom is -0.492 e. The fourth-order valence-corrected chi connectivity index (χ4v) is 3.16. The number of hydrogen-bond donors (Lipinski definition) is 2. The number of pyridine rings is 1. The number of aliphatic imine (C=N–C) groups is 1. The van der Waals surface area contributed by atoms with Crippen molar-refractivity contribution >= 4 is 54.4 Å². The summed E-state index contributed by atoms with van der Waals surface area (Å²) in [6, 6.07) is 3.83. The third-order valence-corrected chi connectivity index (χ3v) is 4.14. The quantitative estimate of drug-likeness (QED) is 0.811. The third kappa shape index (κ3) is 3.85. The van der Waals surface area contributed by atoms with Crippen molar-refractivity contribution in [3.8, 4) is 5.88 Å². The van der Waals surface area contributed by atoms with Crippen molar-refractivity contribution in [3.05, 3.63) is 29.6 Å². The van der Waals surface area contributed by atoms with Crippen molar-refractivity contribution < 1.29 is 9.84 Å². The maximum absolute atomic E-state index is 10.2. The van der Waals surface area contributed by atoms with E-state index in [2.05, 4.69) is 24.8 Å². The molecule has 26 heavy (non-hydrogen) atoms. The summed E-state index contributed by atoms with van der Waals surface area (Å²) in [5, 5.41) is 10.2. The molecule has 2 aliphatic rings. The van der Waals surface area contributed by atoms with E-state index in [-0.39, 0.29) is 42.9 Å². The molecular weight excluding hydrogens is 377 g/mol. The molecule has 0 saturated carbocycles. The molecule has 2 atom stereocenters. The standard InChI is InChI=1S/C17H19N5O2.2ClH/c1-10-8-22(9-11(2)24-10)17-20-14(16(23)21-17)6-12-7-19-15-13(12)4-3-5-18-15;;/h3-7,10-11,23H,8-9H2,1-2H3,(H,20,21);2*1H. The largest absolute Gasteiger partial charge is 0.492 e. The second-order valence-electron chi connectivity index (χ2n) is 6.19. The molecule has 4 rings (SSSR count). The minimum absolute atomic E-state index is 0. The lowest BCUT2D eigenvalue weighted by Crippen LogP contribution is -2.46. The first-order valence-corrected chi connectivity index (χ1v) is 8.00. The van der Waals surface area contributed by atoms with E-state index in [1.807, 2.05) is 32.1 Å². The van der Waals surface area contributed by atoms with Gasteiger partial charge in [-0.25, -0.2) is 9.98 Å². The molecule has 0 bridgehead atoms. The topological polar surface area (TPSA) is 86.6 Å². The van der Waals surface area contributed by atoms with Gasteiger partial charge in [0.2, 0.25) is 11.8 Å². The number of fused-ring (bicyclic) bond motifs is 1. The maximum atomic E-state index is 10.2.